The number of nitrogens with two attached hydrogens (primary N) is 1. The number of piperidine rings is 1. The Morgan fingerprint density at radius 3 is 3.07 bits per heavy atom. The minimum absolute atomic E-state index is 0.477. The Balaban J connectivity index is 2.19. The molecule has 1 saturated heterocycles. The molecule has 14 heavy (non-hydrogen) atoms. The zero-order valence-electron chi connectivity index (χ0n) is 8.69. The van der Waals surface area contributed by atoms with E-state index in [-0.39, 0.29) is 0 Å². The van der Waals surface area contributed by atoms with E-state index in [9.17, 15) is 0 Å². The molecule has 0 radical (unpaired) electrons. The second-order valence-corrected chi connectivity index (χ2v) is 3.92. The summed E-state index contributed by atoms with van der Waals surface area (Å²) in [5.41, 5.74) is 5.77. The van der Waals surface area contributed by atoms with Crippen LogP contribution in [0.4, 0.5) is 5.95 Å². The number of aryl methyl sites for hydroxylation is 1. The Labute approximate surface area is 84.7 Å². The van der Waals surface area contributed by atoms with Crippen LogP contribution in [-0.4, -0.2) is 28.7 Å². The third-order valence-electron chi connectivity index (χ3n) is 2.95. The Morgan fingerprint density at radius 1 is 1.57 bits per heavy atom. The van der Waals surface area contributed by atoms with E-state index in [1.807, 2.05) is 19.4 Å². The van der Waals surface area contributed by atoms with Crippen molar-refractivity contribution in [1.82, 2.24) is 9.55 Å². The van der Waals surface area contributed by atoms with Gasteiger partial charge in [-0.3, -0.25) is 0 Å². The lowest BCUT2D eigenvalue weighted by Crippen LogP contribution is -2.45. The summed E-state index contributed by atoms with van der Waals surface area (Å²) in [5.74, 6) is 1.06. The maximum absolute atomic E-state index is 5.77. The van der Waals surface area contributed by atoms with Gasteiger partial charge in [0, 0.05) is 38.6 Å². The fourth-order valence-electron chi connectivity index (χ4n) is 2.14. The van der Waals surface area contributed by atoms with Gasteiger partial charge in [0.15, 0.2) is 0 Å². The van der Waals surface area contributed by atoms with E-state index in [1.165, 1.54) is 19.3 Å². The van der Waals surface area contributed by atoms with Gasteiger partial charge in [0.1, 0.15) is 0 Å². The minimum Gasteiger partial charge on any atom is -0.338 e. The zero-order chi connectivity index (χ0) is 9.97. The molecule has 2 heterocycles. The highest BCUT2D eigenvalue weighted by molar-refractivity contribution is 5.33. The van der Waals surface area contributed by atoms with Crippen LogP contribution in [0.2, 0.25) is 0 Å². The van der Waals surface area contributed by atoms with Crippen molar-refractivity contribution in [3.8, 4) is 0 Å². The second kappa shape index (κ2) is 4.00. The lowest BCUT2D eigenvalue weighted by atomic mass is 10.0. The molecule has 0 spiro atoms. The van der Waals surface area contributed by atoms with Crippen LogP contribution in [0, 0.1) is 0 Å². The molecule has 2 rings (SSSR count). The molecule has 4 nitrogen and oxygen atoms in total. The van der Waals surface area contributed by atoms with Gasteiger partial charge in [0.25, 0.3) is 0 Å². The summed E-state index contributed by atoms with van der Waals surface area (Å²) in [5, 5.41) is 0. The number of hydrogen-bond donors (Lipinski definition) is 1. The summed E-state index contributed by atoms with van der Waals surface area (Å²) in [6, 6.07) is 0.477. The molecule has 1 aliphatic rings. The van der Waals surface area contributed by atoms with E-state index >= 15 is 0 Å². The molecular weight excluding hydrogens is 176 g/mol. The van der Waals surface area contributed by atoms with Crippen LogP contribution >= 0.6 is 0 Å². The molecule has 78 valence electrons. The smallest absolute Gasteiger partial charge is 0.205 e. The van der Waals surface area contributed by atoms with Gasteiger partial charge in [0.2, 0.25) is 5.95 Å². The first-order valence-corrected chi connectivity index (χ1v) is 5.27. The molecule has 1 fully saturated rings. The second-order valence-electron chi connectivity index (χ2n) is 3.92. The first-order valence-electron chi connectivity index (χ1n) is 5.27. The van der Waals surface area contributed by atoms with E-state index in [4.69, 9.17) is 5.73 Å². The van der Waals surface area contributed by atoms with Crippen LogP contribution in [-0.2, 0) is 7.05 Å². The molecule has 0 saturated carbocycles. The van der Waals surface area contributed by atoms with Crippen LogP contribution in [0.15, 0.2) is 12.4 Å². The first-order chi connectivity index (χ1) is 6.83. The van der Waals surface area contributed by atoms with E-state index in [0.717, 1.165) is 19.0 Å². The van der Waals surface area contributed by atoms with Crippen molar-refractivity contribution in [1.29, 1.82) is 0 Å². The van der Waals surface area contributed by atoms with Crippen molar-refractivity contribution in [2.75, 3.05) is 18.0 Å². The molecule has 0 bridgehead atoms. The van der Waals surface area contributed by atoms with Crippen molar-refractivity contribution in [2.24, 2.45) is 12.8 Å². The maximum atomic E-state index is 5.77. The molecule has 1 aromatic heterocycles. The predicted molar refractivity (Wildman–Crippen MR) is 57.2 cm³/mol. The topological polar surface area (TPSA) is 47.1 Å². The van der Waals surface area contributed by atoms with Crippen LogP contribution in [0.25, 0.3) is 0 Å². The van der Waals surface area contributed by atoms with Gasteiger partial charge < -0.3 is 15.2 Å². The summed E-state index contributed by atoms with van der Waals surface area (Å²) in [6.07, 6.45) is 7.57. The molecule has 0 aliphatic carbocycles. The van der Waals surface area contributed by atoms with Gasteiger partial charge in [-0.15, -0.1) is 0 Å². The minimum atomic E-state index is 0.477. The highest BCUT2D eigenvalue weighted by Gasteiger charge is 2.23. The van der Waals surface area contributed by atoms with E-state index in [2.05, 4.69) is 14.5 Å². The van der Waals surface area contributed by atoms with Gasteiger partial charge in [-0.2, -0.15) is 0 Å². The number of rotatable bonds is 2. The number of nitrogens with zero attached hydrogens (tertiary/aromatic N) is 3. The molecule has 0 aromatic carbocycles. The van der Waals surface area contributed by atoms with Crippen LogP contribution in [0.3, 0.4) is 0 Å². The molecule has 0 amide bonds. The SMILES string of the molecule is Cn1ccnc1N1CCCCC1CN. The highest BCUT2D eigenvalue weighted by Crippen LogP contribution is 2.21. The monoisotopic (exact) mass is 194 g/mol. The Bertz CT molecular complexity index is 294. The van der Waals surface area contributed by atoms with E-state index < -0.39 is 0 Å². The largest absolute Gasteiger partial charge is 0.338 e. The standard InChI is InChI=1S/C10H18N4/c1-13-7-5-12-10(13)14-6-3-2-4-9(14)8-11/h5,7,9H,2-4,6,8,11H2,1H3. The number of imidazole rings is 1. The Morgan fingerprint density at radius 2 is 2.43 bits per heavy atom. The number of aromatic nitrogens is 2. The quantitative estimate of drug-likeness (QED) is 0.755. The molecule has 2 N–H and O–H groups in total. The van der Waals surface area contributed by atoms with Crippen molar-refractivity contribution >= 4 is 5.95 Å². The summed E-state index contributed by atoms with van der Waals surface area (Å²) in [7, 11) is 2.03. The van der Waals surface area contributed by atoms with E-state index in [1.54, 1.807) is 0 Å². The maximum Gasteiger partial charge on any atom is 0.205 e. The fraction of sp³-hybridized carbons (Fsp3) is 0.700. The summed E-state index contributed by atoms with van der Waals surface area (Å²) in [6.45, 7) is 1.82. The molecular formula is C10H18N4. The van der Waals surface area contributed by atoms with Gasteiger partial charge in [0.05, 0.1) is 0 Å². The van der Waals surface area contributed by atoms with E-state index in [0.29, 0.717) is 6.04 Å². The lowest BCUT2D eigenvalue weighted by Gasteiger charge is -2.35. The predicted octanol–water partition coefficient (Wildman–Crippen LogP) is 0.738. The molecule has 1 aliphatic heterocycles. The van der Waals surface area contributed by atoms with Gasteiger partial charge >= 0.3 is 0 Å². The van der Waals surface area contributed by atoms with Crippen molar-refractivity contribution in [3.05, 3.63) is 12.4 Å². The van der Waals surface area contributed by atoms with Crippen LogP contribution in [0.5, 0.6) is 0 Å². The van der Waals surface area contributed by atoms with Crippen molar-refractivity contribution in [3.63, 3.8) is 0 Å². The average Bonchev–Trinajstić information content (AvgIpc) is 2.64. The molecule has 1 unspecified atom stereocenters. The third-order valence-corrected chi connectivity index (χ3v) is 2.95. The normalized spacial score (nSPS) is 22.7. The Kier molecular flexibility index (Phi) is 2.72. The zero-order valence-corrected chi connectivity index (χ0v) is 8.69. The van der Waals surface area contributed by atoms with Gasteiger partial charge in [-0.05, 0) is 19.3 Å². The van der Waals surface area contributed by atoms with Gasteiger partial charge in [-0.25, -0.2) is 4.98 Å². The Hall–Kier alpha value is -1.03. The fourth-order valence-corrected chi connectivity index (χ4v) is 2.14. The van der Waals surface area contributed by atoms with Crippen LogP contribution < -0.4 is 10.6 Å². The number of anilines is 1. The molecule has 1 atom stereocenters. The lowest BCUT2D eigenvalue weighted by molar-refractivity contribution is 0.455. The number of hydrogen-bond acceptors (Lipinski definition) is 3. The van der Waals surface area contributed by atoms with Crippen LogP contribution in [0.1, 0.15) is 19.3 Å². The highest BCUT2D eigenvalue weighted by atomic mass is 15.3. The summed E-state index contributed by atoms with van der Waals surface area (Å²) < 4.78 is 2.06. The average molecular weight is 194 g/mol. The van der Waals surface area contributed by atoms with Crippen molar-refractivity contribution in [2.45, 2.75) is 25.3 Å². The van der Waals surface area contributed by atoms with Crippen molar-refractivity contribution < 1.29 is 0 Å². The van der Waals surface area contributed by atoms with Gasteiger partial charge in [-0.1, -0.05) is 0 Å². The summed E-state index contributed by atoms with van der Waals surface area (Å²) in [4.78, 5) is 6.71. The summed E-state index contributed by atoms with van der Waals surface area (Å²) >= 11 is 0. The third kappa shape index (κ3) is 1.62. The first kappa shape index (κ1) is 9.52. The molecule has 1 aromatic rings. The molecule has 4 heteroatoms.